The van der Waals surface area contributed by atoms with Crippen molar-refractivity contribution in [2.24, 2.45) is 0 Å². The molecule has 10 aromatic carbocycles. The third kappa shape index (κ3) is 5.77. The van der Waals surface area contributed by atoms with Crippen LogP contribution in [0.4, 0.5) is 34.1 Å². The summed E-state index contributed by atoms with van der Waals surface area (Å²) in [5, 5.41) is 2.46. The van der Waals surface area contributed by atoms with E-state index in [4.69, 9.17) is 0 Å². The Bertz CT molecular complexity index is 3550. The third-order valence-electron chi connectivity index (χ3n) is 13.4. The van der Waals surface area contributed by atoms with Crippen molar-refractivity contribution in [1.82, 2.24) is 4.57 Å². The predicted octanol–water partition coefficient (Wildman–Crippen LogP) is 16.6. The van der Waals surface area contributed by atoms with Gasteiger partial charge in [-0.25, -0.2) is 0 Å². The topological polar surface area (TPSA) is 11.4 Å². The van der Waals surface area contributed by atoms with Gasteiger partial charge in [0.2, 0.25) is 0 Å². The van der Waals surface area contributed by atoms with Gasteiger partial charge in [0.15, 0.2) is 0 Å². The van der Waals surface area contributed by atoms with Crippen LogP contribution in [0.25, 0.3) is 38.6 Å². The summed E-state index contributed by atoms with van der Waals surface area (Å²) < 4.78 is 2.38. The van der Waals surface area contributed by atoms with E-state index in [0.717, 1.165) is 39.8 Å². The molecule has 0 saturated heterocycles. The van der Waals surface area contributed by atoms with Crippen LogP contribution in [-0.4, -0.2) is 4.57 Å². The second-order valence-electron chi connectivity index (χ2n) is 16.9. The molecule has 0 amide bonds. The van der Waals surface area contributed by atoms with Gasteiger partial charge in [-0.1, -0.05) is 157 Å². The Morgan fingerprint density at radius 2 is 0.785 bits per heavy atom. The van der Waals surface area contributed by atoms with Crippen molar-refractivity contribution in [2.45, 2.75) is 15.2 Å². The summed E-state index contributed by atoms with van der Waals surface area (Å²) in [7, 11) is 0. The number of hydrogen-bond acceptors (Lipinski definition) is 3. The lowest BCUT2D eigenvalue weighted by Crippen LogP contribution is -2.32. The number of anilines is 6. The zero-order chi connectivity index (χ0) is 42.9. The summed E-state index contributed by atoms with van der Waals surface area (Å²) >= 11 is 1.88. The molecule has 0 saturated carbocycles. The molecule has 65 heavy (non-hydrogen) atoms. The van der Waals surface area contributed by atoms with E-state index in [1.807, 2.05) is 11.8 Å². The van der Waals surface area contributed by atoms with E-state index in [0.29, 0.717) is 0 Å². The zero-order valence-electron chi connectivity index (χ0n) is 35.4. The van der Waals surface area contributed by atoms with Gasteiger partial charge in [-0.2, -0.15) is 0 Å². The Morgan fingerprint density at radius 1 is 0.308 bits per heavy atom. The van der Waals surface area contributed by atoms with E-state index in [-0.39, 0.29) is 0 Å². The van der Waals surface area contributed by atoms with Gasteiger partial charge in [0, 0.05) is 60.4 Å². The van der Waals surface area contributed by atoms with Crippen LogP contribution in [0.1, 0.15) is 22.3 Å². The maximum atomic E-state index is 2.43. The minimum atomic E-state index is -0.514. The number of para-hydroxylation sites is 5. The molecule has 2 aliphatic rings. The molecule has 11 aromatic rings. The average molecular weight is 848 g/mol. The van der Waals surface area contributed by atoms with E-state index in [2.05, 4.69) is 263 Å². The molecule has 1 unspecified atom stereocenters. The molecule has 0 N–H and O–H groups in total. The predicted molar refractivity (Wildman–Crippen MR) is 272 cm³/mol. The minimum Gasteiger partial charge on any atom is -0.310 e. The van der Waals surface area contributed by atoms with Crippen molar-refractivity contribution < 1.29 is 0 Å². The number of fused-ring (bicyclic) bond motifs is 12. The second kappa shape index (κ2) is 15.0. The fourth-order valence-electron chi connectivity index (χ4n) is 10.7. The molecule has 13 rings (SSSR count). The summed E-state index contributed by atoms with van der Waals surface area (Å²) in [5.74, 6) is 0. The fourth-order valence-corrected chi connectivity index (χ4v) is 12.0. The number of benzene rings is 10. The molecule has 0 bridgehead atoms. The second-order valence-corrected chi connectivity index (χ2v) is 18.0. The van der Waals surface area contributed by atoms with E-state index in [1.165, 1.54) is 65.0 Å². The standard InChI is InChI=1S/C61H41N3S/c1-5-19-42(20-6-1)62(43-21-7-2-8-22-43)46-33-36-54-51(39-46)49-27-13-15-29-53(49)61(54)55-30-16-18-32-59(55)65-60-41-48(34-37-56(60)61)63(44-23-9-3-10-24-44)47-35-38-58-52(40-47)50-28-14-17-31-57(50)64(58)45-25-11-4-12-26-45/h1-41H. The van der Waals surface area contributed by atoms with Gasteiger partial charge in [-0.05, 0) is 137 Å². The molecule has 1 spiro atoms. The molecule has 3 nitrogen and oxygen atoms in total. The maximum absolute atomic E-state index is 2.43. The first-order valence-corrected chi connectivity index (χ1v) is 23.1. The molecular weight excluding hydrogens is 807 g/mol. The molecule has 0 radical (unpaired) electrons. The van der Waals surface area contributed by atoms with Crippen molar-refractivity contribution in [3.05, 3.63) is 271 Å². The molecule has 0 fully saturated rings. The van der Waals surface area contributed by atoms with Crippen LogP contribution in [0.15, 0.2) is 259 Å². The highest BCUT2D eigenvalue weighted by Gasteiger charge is 2.50. The molecule has 306 valence electrons. The van der Waals surface area contributed by atoms with Crippen LogP contribution < -0.4 is 9.80 Å². The Balaban J connectivity index is 1.01. The Hall–Kier alpha value is -8.05. The minimum absolute atomic E-state index is 0.514. The monoisotopic (exact) mass is 847 g/mol. The average Bonchev–Trinajstić information content (AvgIpc) is 3.85. The van der Waals surface area contributed by atoms with Gasteiger partial charge in [-0.15, -0.1) is 0 Å². The first-order chi connectivity index (χ1) is 32.3. The summed E-state index contributed by atoms with van der Waals surface area (Å²) in [5.41, 5.74) is 17.5. The summed E-state index contributed by atoms with van der Waals surface area (Å²) in [6, 6.07) is 91.2. The van der Waals surface area contributed by atoms with Crippen molar-refractivity contribution >= 4 is 67.7 Å². The molecule has 2 heterocycles. The summed E-state index contributed by atoms with van der Waals surface area (Å²) in [6.45, 7) is 0. The first kappa shape index (κ1) is 37.5. The van der Waals surface area contributed by atoms with Crippen molar-refractivity contribution in [2.75, 3.05) is 9.80 Å². The third-order valence-corrected chi connectivity index (χ3v) is 14.5. The van der Waals surface area contributed by atoms with Gasteiger partial charge < -0.3 is 14.4 Å². The highest BCUT2D eigenvalue weighted by Crippen LogP contribution is 2.63. The lowest BCUT2D eigenvalue weighted by Gasteiger charge is -2.40. The van der Waals surface area contributed by atoms with Crippen LogP contribution in [0.2, 0.25) is 0 Å². The van der Waals surface area contributed by atoms with Crippen LogP contribution in [0, 0.1) is 0 Å². The molecular formula is C61H41N3S. The zero-order valence-corrected chi connectivity index (χ0v) is 36.2. The van der Waals surface area contributed by atoms with Crippen molar-refractivity contribution in [1.29, 1.82) is 0 Å². The molecule has 1 aliphatic carbocycles. The lowest BCUT2D eigenvalue weighted by atomic mass is 9.67. The van der Waals surface area contributed by atoms with Crippen LogP contribution in [0.5, 0.6) is 0 Å². The van der Waals surface area contributed by atoms with E-state index >= 15 is 0 Å². The smallest absolute Gasteiger partial charge is 0.0735 e. The SMILES string of the molecule is c1ccc(N(c2ccccc2)c2ccc3c(c2)-c2ccccc2C32c3ccccc3Sc3cc(N(c4ccccc4)c4ccc5c(c4)c4ccccc4n5-c4ccccc4)ccc32)cc1. The number of rotatable bonds is 7. The maximum Gasteiger partial charge on any atom is 0.0735 e. The lowest BCUT2D eigenvalue weighted by molar-refractivity contribution is 0.722. The van der Waals surface area contributed by atoms with Crippen LogP contribution in [-0.2, 0) is 5.41 Å². The fraction of sp³-hybridized carbons (Fsp3) is 0.0164. The number of nitrogens with zero attached hydrogens (tertiary/aromatic N) is 3. The highest BCUT2D eigenvalue weighted by molar-refractivity contribution is 7.99. The van der Waals surface area contributed by atoms with Gasteiger partial charge in [0.1, 0.15) is 0 Å². The van der Waals surface area contributed by atoms with Gasteiger partial charge in [0.25, 0.3) is 0 Å². The van der Waals surface area contributed by atoms with Gasteiger partial charge in [-0.3, -0.25) is 0 Å². The van der Waals surface area contributed by atoms with Crippen LogP contribution in [0.3, 0.4) is 0 Å². The largest absolute Gasteiger partial charge is 0.310 e. The van der Waals surface area contributed by atoms with Gasteiger partial charge in [0.05, 0.1) is 16.4 Å². The molecule has 1 aliphatic heterocycles. The van der Waals surface area contributed by atoms with Gasteiger partial charge >= 0.3 is 0 Å². The first-order valence-electron chi connectivity index (χ1n) is 22.3. The van der Waals surface area contributed by atoms with Crippen LogP contribution >= 0.6 is 11.8 Å². The summed E-state index contributed by atoms with van der Waals surface area (Å²) in [6.07, 6.45) is 0. The summed E-state index contributed by atoms with van der Waals surface area (Å²) in [4.78, 5) is 7.33. The van der Waals surface area contributed by atoms with Crippen molar-refractivity contribution in [3.8, 4) is 16.8 Å². The Labute approximate surface area is 383 Å². The van der Waals surface area contributed by atoms with Crippen molar-refractivity contribution in [3.63, 3.8) is 0 Å². The number of aromatic nitrogens is 1. The van der Waals surface area contributed by atoms with E-state index in [9.17, 15) is 0 Å². The number of hydrogen-bond donors (Lipinski definition) is 0. The Morgan fingerprint density at radius 3 is 1.49 bits per heavy atom. The highest BCUT2D eigenvalue weighted by atomic mass is 32.2. The molecule has 1 aromatic heterocycles. The Kier molecular flexibility index (Phi) is 8.68. The quantitative estimate of drug-likeness (QED) is 0.158. The molecule has 4 heteroatoms. The van der Waals surface area contributed by atoms with E-state index < -0.39 is 5.41 Å². The normalized spacial score (nSPS) is 14.5. The molecule has 1 atom stereocenters. The van der Waals surface area contributed by atoms with E-state index in [1.54, 1.807) is 0 Å².